The number of hydrogen-bond donors (Lipinski definition) is 0. The third-order valence-corrected chi connectivity index (χ3v) is 2.83. The third kappa shape index (κ3) is 2.54. The Labute approximate surface area is 100 Å². The van der Waals surface area contributed by atoms with Gasteiger partial charge in [0.05, 0.1) is 11.6 Å². The summed E-state index contributed by atoms with van der Waals surface area (Å²) in [6, 6.07) is 9.84. The van der Waals surface area contributed by atoms with Crippen LogP contribution < -0.4 is 0 Å². The lowest BCUT2D eigenvalue weighted by Crippen LogP contribution is -1.99. The van der Waals surface area contributed by atoms with Crippen LogP contribution in [0.4, 0.5) is 0 Å². The molecule has 0 aliphatic rings. The number of aromatic nitrogens is 1. The lowest BCUT2D eigenvalue weighted by molar-refractivity contribution is -0.117. The number of nitriles is 1. The van der Waals surface area contributed by atoms with Crippen molar-refractivity contribution < 1.29 is 4.79 Å². The number of benzene rings is 1. The van der Waals surface area contributed by atoms with Gasteiger partial charge in [0.15, 0.2) is 0 Å². The molecule has 17 heavy (non-hydrogen) atoms. The summed E-state index contributed by atoms with van der Waals surface area (Å²) in [6.45, 7) is 2.43. The van der Waals surface area contributed by atoms with Crippen molar-refractivity contribution in [3.05, 3.63) is 36.0 Å². The normalized spacial score (nSPS) is 10.4. The number of aryl methyl sites for hydroxylation is 1. The zero-order chi connectivity index (χ0) is 12.3. The molecule has 3 heteroatoms. The van der Waals surface area contributed by atoms with E-state index in [1.54, 1.807) is 6.92 Å². The third-order valence-electron chi connectivity index (χ3n) is 2.83. The highest BCUT2D eigenvalue weighted by Crippen LogP contribution is 2.18. The highest BCUT2D eigenvalue weighted by atomic mass is 16.1. The Hall–Kier alpha value is -2.08. The van der Waals surface area contributed by atoms with Gasteiger partial charge in [0.2, 0.25) is 0 Å². The van der Waals surface area contributed by atoms with Crippen molar-refractivity contribution in [2.45, 2.75) is 26.3 Å². The highest BCUT2D eigenvalue weighted by molar-refractivity contribution is 5.81. The van der Waals surface area contributed by atoms with Gasteiger partial charge in [-0.2, -0.15) is 5.26 Å². The Balaban J connectivity index is 2.22. The van der Waals surface area contributed by atoms with Crippen molar-refractivity contribution >= 4 is 16.7 Å². The molecular formula is C14H14N2O. The molecule has 0 N–H and O–H groups in total. The number of carbonyl (C=O) groups excluding carboxylic acids is 1. The molecule has 0 atom stereocenters. The van der Waals surface area contributed by atoms with Gasteiger partial charge in [0.25, 0.3) is 0 Å². The Kier molecular flexibility index (Phi) is 3.24. The van der Waals surface area contributed by atoms with Gasteiger partial charge >= 0.3 is 0 Å². The molecule has 1 aromatic heterocycles. The molecule has 0 bridgehead atoms. The summed E-state index contributed by atoms with van der Waals surface area (Å²) < 4.78 is 2.10. The monoisotopic (exact) mass is 226 g/mol. The van der Waals surface area contributed by atoms with E-state index in [1.165, 1.54) is 0 Å². The maximum Gasteiger partial charge on any atom is 0.129 e. The quantitative estimate of drug-likeness (QED) is 0.804. The Morgan fingerprint density at radius 2 is 2.24 bits per heavy atom. The first kappa shape index (κ1) is 11.4. The first-order valence-corrected chi connectivity index (χ1v) is 5.69. The van der Waals surface area contributed by atoms with E-state index in [0.717, 1.165) is 23.9 Å². The van der Waals surface area contributed by atoms with Crippen LogP contribution in [-0.4, -0.2) is 10.4 Å². The van der Waals surface area contributed by atoms with E-state index in [2.05, 4.69) is 10.6 Å². The Morgan fingerprint density at radius 1 is 1.41 bits per heavy atom. The molecule has 3 nitrogen and oxygen atoms in total. The Morgan fingerprint density at radius 3 is 2.94 bits per heavy atom. The molecular weight excluding hydrogens is 212 g/mol. The summed E-state index contributed by atoms with van der Waals surface area (Å²) >= 11 is 0. The van der Waals surface area contributed by atoms with Crippen LogP contribution in [0, 0.1) is 11.3 Å². The first-order valence-electron chi connectivity index (χ1n) is 5.69. The average molecular weight is 226 g/mol. The lowest BCUT2D eigenvalue weighted by atomic mass is 10.2. The molecule has 0 aliphatic carbocycles. The van der Waals surface area contributed by atoms with Crippen LogP contribution in [0.3, 0.4) is 0 Å². The number of carbonyl (C=O) groups is 1. The number of fused-ring (bicyclic) bond motifs is 1. The van der Waals surface area contributed by atoms with Crippen molar-refractivity contribution in [2.24, 2.45) is 0 Å². The molecule has 0 saturated carbocycles. The summed E-state index contributed by atoms with van der Waals surface area (Å²) in [5.41, 5.74) is 1.73. The molecule has 0 radical (unpaired) electrons. The van der Waals surface area contributed by atoms with E-state index in [1.807, 2.05) is 30.5 Å². The predicted molar refractivity (Wildman–Crippen MR) is 66.6 cm³/mol. The van der Waals surface area contributed by atoms with Crippen LogP contribution in [0.15, 0.2) is 30.5 Å². The van der Waals surface area contributed by atoms with Gasteiger partial charge in [-0.3, -0.25) is 0 Å². The maximum absolute atomic E-state index is 10.9. The van der Waals surface area contributed by atoms with Gasteiger partial charge < -0.3 is 9.36 Å². The fourth-order valence-electron chi connectivity index (χ4n) is 1.95. The standard InChI is InChI=1S/C14H14N2O/c1-11(17)3-2-7-16-8-6-13-5-4-12(10-15)9-14(13)16/h4-6,8-9H,2-3,7H2,1H3. The van der Waals surface area contributed by atoms with E-state index in [0.29, 0.717) is 12.0 Å². The smallest absolute Gasteiger partial charge is 0.129 e. The molecule has 0 aliphatic heterocycles. The van der Waals surface area contributed by atoms with E-state index in [4.69, 9.17) is 5.26 Å². The molecule has 0 saturated heterocycles. The van der Waals surface area contributed by atoms with Crippen molar-refractivity contribution in [1.29, 1.82) is 5.26 Å². The summed E-state index contributed by atoms with van der Waals surface area (Å²) in [5, 5.41) is 10.0. The van der Waals surface area contributed by atoms with Gasteiger partial charge in [0.1, 0.15) is 5.78 Å². The zero-order valence-corrected chi connectivity index (χ0v) is 9.81. The molecule has 0 unspecified atom stereocenters. The highest BCUT2D eigenvalue weighted by Gasteiger charge is 2.02. The predicted octanol–water partition coefficient (Wildman–Crippen LogP) is 2.88. The van der Waals surface area contributed by atoms with E-state index in [9.17, 15) is 4.79 Å². The van der Waals surface area contributed by atoms with Crippen molar-refractivity contribution in [1.82, 2.24) is 4.57 Å². The van der Waals surface area contributed by atoms with Gasteiger partial charge in [0, 0.05) is 24.7 Å². The molecule has 0 amide bonds. The average Bonchev–Trinajstić information content (AvgIpc) is 2.71. The summed E-state index contributed by atoms with van der Waals surface area (Å²) in [4.78, 5) is 10.9. The second kappa shape index (κ2) is 4.84. The maximum atomic E-state index is 10.9. The van der Waals surface area contributed by atoms with E-state index in [-0.39, 0.29) is 5.78 Å². The van der Waals surface area contributed by atoms with Crippen molar-refractivity contribution in [3.63, 3.8) is 0 Å². The van der Waals surface area contributed by atoms with Gasteiger partial charge in [-0.1, -0.05) is 6.07 Å². The minimum absolute atomic E-state index is 0.221. The number of Topliss-reactive ketones (excluding diaryl/α,β-unsaturated/α-hetero) is 1. The number of rotatable bonds is 4. The van der Waals surface area contributed by atoms with Crippen LogP contribution in [0.1, 0.15) is 25.3 Å². The van der Waals surface area contributed by atoms with E-state index < -0.39 is 0 Å². The Bertz CT molecular complexity index is 590. The second-order valence-electron chi connectivity index (χ2n) is 4.20. The summed E-state index contributed by atoms with van der Waals surface area (Å²) in [7, 11) is 0. The summed E-state index contributed by atoms with van der Waals surface area (Å²) in [6.07, 6.45) is 3.46. The molecule has 0 fully saturated rings. The van der Waals surface area contributed by atoms with Crippen molar-refractivity contribution in [3.8, 4) is 6.07 Å². The van der Waals surface area contributed by atoms with Crippen LogP contribution in [0.25, 0.3) is 10.9 Å². The minimum Gasteiger partial charge on any atom is -0.347 e. The molecule has 86 valence electrons. The summed E-state index contributed by atoms with van der Waals surface area (Å²) in [5.74, 6) is 0.221. The van der Waals surface area contributed by atoms with Gasteiger partial charge in [-0.15, -0.1) is 0 Å². The SMILES string of the molecule is CC(=O)CCCn1ccc2ccc(C#N)cc21. The molecule has 2 rings (SSSR count). The van der Waals surface area contributed by atoms with Gasteiger partial charge in [-0.25, -0.2) is 0 Å². The molecule has 1 heterocycles. The van der Waals surface area contributed by atoms with Crippen LogP contribution in [0.2, 0.25) is 0 Å². The van der Waals surface area contributed by atoms with Crippen LogP contribution >= 0.6 is 0 Å². The number of nitrogens with zero attached hydrogens (tertiary/aromatic N) is 2. The van der Waals surface area contributed by atoms with Gasteiger partial charge in [-0.05, 0) is 36.9 Å². The molecule has 1 aromatic carbocycles. The van der Waals surface area contributed by atoms with E-state index >= 15 is 0 Å². The number of hydrogen-bond acceptors (Lipinski definition) is 2. The first-order chi connectivity index (χ1) is 8.20. The largest absolute Gasteiger partial charge is 0.347 e. The minimum atomic E-state index is 0.221. The molecule has 2 aromatic rings. The fourth-order valence-corrected chi connectivity index (χ4v) is 1.95. The lowest BCUT2D eigenvalue weighted by Gasteiger charge is -2.04. The second-order valence-corrected chi connectivity index (χ2v) is 4.20. The number of ketones is 1. The zero-order valence-electron chi connectivity index (χ0n) is 9.81. The fraction of sp³-hybridized carbons (Fsp3) is 0.286. The van der Waals surface area contributed by atoms with Crippen LogP contribution in [-0.2, 0) is 11.3 Å². The molecule has 0 spiro atoms. The van der Waals surface area contributed by atoms with Crippen molar-refractivity contribution in [2.75, 3.05) is 0 Å². The topological polar surface area (TPSA) is 45.8 Å². The van der Waals surface area contributed by atoms with Crippen LogP contribution in [0.5, 0.6) is 0 Å².